The van der Waals surface area contributed by atoms with Crippen molar-refractivity contribution in [2.75, 3.05) is 6.54 Å². The van der Waals surface area contributed by atoms with Crippen molar-refractivity contribution in [1.82, 2.24) is 4.98 Å². The van der Waals surface area contributed by atoms with Crippen LogP contribution in [0.25, 0.3) is 0 Å². The van der Waals surface area contributed by atoms with Crippen LogP contribution in [-0.2, 0) is 18.3 Å². The zero-order valence-corrected chi connectivity index (χ0v) is 12.1. The van der Waals surface area contributed by atoms with Crippen LogP contribution in [0.5, 0.6) is 0 Å². The molecule has 0 saturated carbocycles. The number of nitrogens with two attached hydrogens (primary N) is 1. The summed E-state index contributed by atoms with van der Waals surface area (Å²) in [5.41, 5.74) is 7.24. The highest BCUT2D eigenvalue weighted by atomic mass is 32.1. The highest BCUT2D eigenvalue weighted by Gasteiger charge is 2.28. The van der Waals surface area contributed by atoms with E-state index in [1.165, 1.54) is 47.7 Å². The first-order chi connectivity index (χ1) is 8.06. The molecule has 0 saturated heterocycles. The van der Waals surface area contributed by atoms with E-state index >= 15 is 0 Å². The maximum absolute atomic E-state index is 5.84. The van der Waals surface area contributed by atoms with Crippen LogP contribution >= 0.6 is 11.3 Å². The number of thiazole rings is 1. The molecular weight excluding hydrogens is 228 g/mol. The third-order valence-corrected chi connectivity index (χ3v) is 5.31. The normalized spacial score (nSPS) is 20.4. The average Bonchev–Trinajstić information content (AvgIpc) is 2.73. The number of hydrogen-bond donors (Lipinski definition) is 1. The van der Waals surface area contributed by atoms with E-state index in [9.17, 15) is 0 Å². The zero-order chi connectivity index (χ0) is 12.5. The van der Waals surface area contributed by atoms with Gasteiger partial charge in [0.25, 0.3) is 0 Å². The molecule has 1 aromatic heterocycles. The Kier molecular flexibility index (Phi) is 3.88. The van der Waals surface area contributed by atoms with Crippen LogP contribution in [0, 0.1) is 5.92 Å². The predicted octanol–water partition coefficient (Wildman–Crippen LogP) is 3.28. The van der Waals surface area contributed by atoms with Crippen LogP contribution in [-0.4, -0.2) is 11.5 Å². The SMILES string of the molecule is CCCC1CCc2nc(C(C)(C)CN)sc2C1. The van der Waals surface area contributed by atoms with Crippen molar-refractivity contribution >= 4 is 11.3 Å². The first kappa shape index (κ1) is 13.0. The summed E-state index contributed by atoms with van der Waals surface area (Å²) in [4.78, 5) is 6.36. The van der Waals surface area contributed by atoms with Gasteiger partial charge in [0, 0.05) is 16.8 Å². The Morgan fingerprint density at radius 2 is 2.24 bits per heavy atom. The van der Waals surface area contributed by atoms with Crippen LogP contribution in [0.1, 0.15) is 55.6 Å². The molecule has 1 unspecified atom stereocenters. The Morgan fingerprint density at radius 3 is 2.88 bits per heavy atom. The molecule has 1 aromatic rings. The first-order valence-electron chi connectivity index (χ1n) is 6.76. The Balaban J connectivity index is 2.17. The van der Waals surface area contributed by atoms with Gasteiger partial charge in [0.05, 0.1) is 10.7 Å². The maximum atomic E-state index is 5.84. The van der Waals surface area contributed by atoms with Crippen LogP contribution < -0.4 is 5.73 Å². The Labute approximate surface area is 109 Å². The zero-order valence-electron chi connectivity index (χ0n) is 11.3. The molecule has 0 fully saturated rings. The van der Waals surface area contributed by atoms with Crippen LogP contribution in [0.2, 0.25) is 0 Å². The summed E-state index contributed by atoms with van der Waals surface area (Å²) in [5, 5.41) is 1.24. The maximum Gasteiger partial charge on any atom is 0.1000 e. The fourth-order valence-electron chi connectivity index (χ4n) is 2.47. The third kappa shape index (κ3) is 2.71. The second kappa shape index (κ2) is 5.07. The lowest BCUT2D eigenvalue weighted by atomic mass is 9.88. The molecule has 2 rings (SSSR count). The molecule has 17 heavy (non-hydrogen) atoms. The topological polar surface area (TPSA) is 38.9 Å². The van der Waals surface area contributed by atoms with Gasteiger partial charge in [-0.25, -0.2) is 4.98 Å². The van der Waals surface area contributed by atoms with E-state index in [1.54, 1.807) is 0 Å². The van der Waals surface area contributed by atoms with Gasteiger partial charge in [-0.1, -0.05) is 33.6 Å². The molecule has 0 bridgehead atoms. The summed E-state index contributed by atoms with van der Waals surface area (Å²) in [6, 6.07) is 0. The van der Waals surface area contributed by atoms with Gasteiger partial charge in [0.1, 0.15) is 0 Å². The second-order valence-electron chi connectivity index (χ2n) is 5.87. The molecule has 1 atom stereocenters. The molecule has 1 aliphatic rings. The number of aromatic nitrogens is 1. The highest BCUT2D eigenvalue weighted by molar-refractivity contribution is 7.11. The van der Waals surface area contributed by atoms with Gasteiger partial charge in [-0.05, 0) is 25.2 Å². The van der Waals surface area contributed by atoms with E-state index in [0.717, 1.165) is 5.92 Å². The Morgan fingerprint density at radius 1 is 1.47 bits per heavy atom. The van der Waals surface area contributed by atoms with Gasteiger partial charge in [-0.2, -0.15) is 0 Å². The Bertz CT molecular complexity index is 382. The number of hydrogen-bond acceptors (Lipinski definition) is 3. The molecule has 2 N–H and O–H groups in total. The van der Waals surface area contributed by atoms with Crippen LogP contribution in [0.15, 0.2) is 0 Å². The summed E-state index contributed by atoms with van der Waals surface area (Å²) in [7, 11) is 0. The standard InChI is InChI=1S/C14H24N2S/c1-4-5-10-6-7-11-12(8-10)17-13(16-11)14(2,3)9-15/h10H,4-9,15H2,1-3H3. The highest BCUT2D eigenvalue weighted by Crippen LogP contribution is 2.35. The fourth-order valence-corrected chi connectivity index (χ4v) is 3.81. The monoisotopic (exact) mass is 252 g/mol. The van der Waals surface area contributed by atoms with Crippen molar-refractivity contribution in [3.8, 4) is 0 Å². The summed E-state index contributed by atoms with van der Waals surface area (Å²) >= 11 is 1.91. The van der Waals surface area contributed by atoms with Crippen LogP contribution in [0.3, 0.4) is 0 Å². The lowest BCUT2D eigenvalue weighted by molar-refractivity contribution is 0.423. The van der Waals surface area contributed by atoms with Gasteiger partial charge < -0.3 is 5.73 Å². The minimum Gasteiger partial charge on any atom is -0.330 e. The van der Waals surface area contributed by atoms with E-state index < -0.39 is 0 Å². The number of rotatable bonds is 4. The average molecular weight is 252 g/mol. The van der Waals surface area contributed by atoms with E-state index in [2.05, 4.69) is 20.8 Å². The molecule has 0 aliphatic heterocycles. The molecular formula is C14H24N2S. The molecule has 0 aromatic carbocycles. The number of fused-ring (bicyclic) bond motifs is 1. The van der Waals surface area contributed by atoms with Gasteiger partial charge in [0.15, 0.2) is 0 Å². The molecule has 1 heterocycles. The second-order valence-corrected chi connectivity index (χ2v) is 6.96. The summed E-state index contributed by atoms with van der Waals surface area (Å²) in [5.74, 6) is 0.891. The molecule has 2 nitrogen and oxygen atoms in total. The molecule has 0 amide bonds. The number of nitrogens with zero attached hydrogens (tertiary/aromatic N) is 1. The predicted molar refractivity (Wildman–Crippen MR) is 74.6 cm³/mol. The lowest BCUT2D eigenvalue weighted by Gasteiger charge is -2.20. The van der Waals surface area contributed by atoms with E-state index in [4.69, 9.17) is 10.7 Å². The third-order valence-electron chi connectivity index (χ3n) is 3.83. The van der Waals surface area contributed by atoms with Gasteiger partial charge in [-0.15, -0.1) is 11.3 Å². The molecule has 0 radical (unpaired) electrons. The first-order valence-corrected chi connectivity index (χ1v) is 7.57. The fraction of sp³-hybridized carbons (Fsp3) is 0.786. The van der Waals surface area contributed by atoms with Crippen molar-refractivity contribution in [1.29, 1.82) is 0 Å². The minimum absolute atomic E-state index is 0.0439. The summed E-state index contributed by atoms with van der Waals surface area (Å²) in [6.45, 7) is 7.35. The smallest absolute Gasteiger partial charge is 0.1000 e. The minimum atomic E-state index is 0.0439. The molecule has 0 spiro atoms. The van der Waals surface area contributed by atoms with Gasteiger partial charge >= 0.3 is 0 Å². The number of aryl methyl sites for hydroxylation is 1. The van der Waals surface area contributed by atoms with Crippen molar-refractivity contribution in [2.24, 2.45) is 11.7 Å². The van der Waals surface area contributed by atoms with E-state index in [0.29, 0.717) is 6.54 Å². The van der Waals surface area contributed by atoms with Crippen molar-refractivity contribution in [2.45, 2.75) is 58.3 Å². The van der Waals surface area contributed by atoms with Gasteiger partial charge in [0.2, 0.25) is 0 Å². The van der Waals surface area contributed by atoms with Gasteiger partial charge in [-0.3, -0.25) is 0 Å². The molecule has 96 valence electrons. The van der Waals surface area contributed by atoms with E-state index in [-0.39, 0.29) is 5.41 Å². The summed E-state index contributed by atoms with van der Waals surface area (Å²) < 4.78 is 0. The van der Waals surface area contributed by atoms with Crippen molar-refractivity contribution < 1.29 is 0 Å². The lowest BCUT2D eigenvalue weighted by Crippen LogP contribution is -2.27. The van der Waals surface area contributed by atoms with Crippen molar-refractivity contribution in [3.63, 3.8) is 0 Å². The summed E-state index contributed by atoms with van der Waals surface area (Å²) in [6.07, 6.45) is 6.43. The van der Waals surface area contributed by atoms with E-state index in [1.807, 2.05) is 11.3 Å². The van der Waals surface area contributed by atoms with Crippen molar-refractivity contribution in [3.05, 3.63) is 15.6 Å². The van der Waals surface area contributed by atoms with Crippen LogP contribution in [0.4, 0.5) is 0 Å². The molecule has 1 aliphatic carbocycles. The molecule has 3 heteroatoms. The largest absolute Gasteiger partial charge is 0.330 e. The quantitative estimate of drug-likeness (QED) is 0.893. The Hall–Kier alpha value is -0.410.